The molecule has 0 amide bonds. The topological polar surface area (TPSA) is 37.2 Å². The van der Waals surface area contributed by atoms with Crippen molar-refractivity contribution in [1.82, 2.24) is 24.6 Å². The molecular weight excluding hydrogens is 321 g/mol. The summed E-state index contributed by atoms with van der Waals surface area (Å²) in [6.07, 6.45) is 5.98. The van der Waals surface area contributed by atoms with E-state index in [0.717, 1.165) is 37.4 Å². The van der Waals surface area contributed by atoms with Gasteiger partial charge in [-0.05, 0) is 37.1 Å². The lowest BCUT2D eigenvalue weighted by Gasteiger charge is -2.43. The van der Waals surface area contributed by atoms with Crippen LogP contribution >= 0.6 is 0 Å². The summed E-state index contributed by atoms with van der Waals surface area (Å²) in [6.45, 7) is 6.68. The largest absolute Gasteiger partial charge is 0.304 e. The van der Waals surface area contributed by atoms with Crippen molar-refractivity contribution in [3.63, 3.8) is 0 Å². The van der Waals surface area contributed by atoms with Gasteiger partial charge in [0.05, 0.1) is 11.9 Å². The van der Waals surface area contributed by atoms with Crippen LogP contribution in [0, 0.1) is 0 Å². The third-order valence-electron chi connectivity index (χ3n) is 5.68. The van der Waals surface area contributed by atoms with Crippen LogP contribution in [0.3, 0.4) is 0 Å². The summed E-state index contributed by atoms with van der Waals surface area (Å²) in [4.78, 5) is 9.74. The molecule has 1 aliphatic heterocycles. The normalized spacial score (nSPS) is 18.9. The average Bonchev–Trinajstić information content (AvgIpc) is 3.07. The highest BCUT2D eigenvalue weighted by atomic mass is 15.3. The summed E-state index contributed by atoms with van der Waals surface area (Å²) in [6, 6.07) is 8.80. The number of hydrogen-bond acceptors (Lipinski definition) is 4. The van der Waals surface area contributed by atoms with E-state index in [2.05, 4.69) is 67.2 Å². The van der Waals surface area contributed by atoms with Crippen molar-refractivity contribution >= 4 is 18.6 Å². The highest BCUT2D eigenvalue weighted by molar-refractivity contribution is 6.15. The quantitative estimate of drug-likeness (QED) is 0.676. The number of pyridine rings is 1. The summed E-state index contributed by atoms with van der Waals surface area (Å²) in [5.74, 6) is 0. The molecular formula is C20H26BN5. The molecule has 5 nitrogen and oxygen atoms in total. The van der Waals surface area contributed by atoms with E-state index in [-0.39, 0.29) is 5.44 Å². The van der Waals surface area contributed by atoms with E-state index in [1.165, 1.54) is 16.3 Å². The van der Waals surface area contributed by atoms with Gasteiger partial charge in [-0.1, -0.05) is 12.1 Å². The minimum absolute atomic E-state index is 0.0697. The Labute approximate surface area is 156 Å². The van der Waals surface area contributed by atoms with Crippen LogP contribution in [-0.2, 0) is 12.5 Å². The van der Waals surface area contributed by atoms with Gasteiger partial charge in [-0.3, -0.25) is 14.6 Å². The van der Waals surface area contributed by atoms with Crippen molar-refractivity contribution < 1.29 is 0 Å². The molecule has 1 aromatic carbocycles. The zero-order valence-electron chi connectivity index (χ0n) is 16.1. The molecule has 6 heteroatoms. The van der Waals surface area contributed by atoms with Crippen molar-refractivity contribution in [1.29, 1.82) is 0 Å². The van der Waals surface area contributed by atoms with E-state index in [1.54, 1.807) is 0 Å². The second-order valence-electron chi connectivity index (χ2n) is 7.88. The van der Waals surface area contributed by atoms with E-state index >= 15 is 0 Å². The second-order valence-corrected chi connectivity index (χ2v) is 7.88. The fraction of sp³-hybridized carbons (Fsp3) is 0.400. The van der Waals surface area contributed by atoms with E-state index in [0.29, 0.717) is 0 Å². The van der Waals surface area contributed by atoms with Crippen LogP contribution in [0.25, 0.3) is 21.9 Å². The van der Waals surface area contributed by atoms with Gasteiger partial charge < -0.3 is 4.90 Å². The summed E-state index contributed by atoms with van der Waals surface area (Å²) >= 11 is 0. The molecule has 0 radical (unpaired) electrons. The number of fused-ring (bicyclic) bond motifs is 1. The van der Waals surface area contributed by atoms with Crippen LogP contribution in [0.15, 0.2) is 42.9 Å². The van der Waals surface area contributed by atoms with E-state index in [9.17, 15) is 0 Å². The Hall–Kier alpha value is -2.18. The number of benzene rings is 1. The molecule has 0 bridgehead atoms. The van der Waals surface area contributed by atoms with Crippen molar-refractivity contribution in [2.24, 2.45) is 7.05 Å². The molecule has 0 aliphatic carbocycles. The van der Waals surface area contributed by atoms with Crippen LogP contribution in [-0.4, -0.2) is 65.6 Å². The number of hydrogen-bond donors (Lipinski definition) is 0. The lowest BCUT2D eigenvalue weighted by Crippen LogP contribution is -2.54. The first-order chi connectivity index (χ1) is 12.4. The average molecular weight is 347 g/mol. The minimum Gasteiger partial charge on any atom is -0.304 e. The predicted molar refractivity (Wildman–Crippen MR) is 109 cm³/mol. The van der Waals surface area contributed by atoms with E-state index in [1.807, 2.05) is 24.1 Å². The lowest BCUT2D eigenvalue weighted by atomic mass is 9.74. The van der Waals surface area contributed by atoms with Gasteiger partial charge in [0.2, 0.25) is 0 Å². The zero-order valence-corrected chi connectivity index (χ0v) is 16.1. The summed E-state index contributed by atoms with van der Waals surface area (Å²) in [5.41, 5.74) is 3.41. The SMILES string of the molecule is BC(C)(c1cc2cc(-c3cnn(C)c3)ccc2cn1)N1CCN(C)CC1. The van der Waals surface area contributed by atoms with Gasteiger partial charge in [-0.15, -0.1) is 0 Å². The number of aromatic nitrogens is 3. The van der Waals surface area contributed by atoms with Gasteiger partial charge in [-0.25, -0.2) is 0 Å². The Kier molecular flexibility index (Phi) is 4.33. The molecule has 1 unspecified atom stereocenters. The molecule has 3 aromatic rings. The molecule has 1 fully saturated rings. The second kappa shape index (κ2) is 6.52. The fourth-order valence-electron chi connectivity index (χ4n) is 3.75. The van der Waals surface area contributed by atoms with Crippen LogP contribution in [0.2, 0.25) is 0 Å². The van der Waals surface area contributed by atoms with Crippen molar-refractivity contribution in [2.45, 2.75) is 12.4 Å². The zero-order chi connectivity index (χ0) is 18.3. The van der Waals surface area contributed by atoms with Crippen molar-refractivity contribution in [2.75, 3.05) is 33.2 Å². The maximum atomic E-state index is 4.81. The van der Waals surface area contributed by atoms with Crippen LogP contribution in [0.1, 0.15) is 12.6 Å². The Bertz CT molecular complexity index is 925. The van der Waals surface area contributed by atoms with E-state index < -0.39 is 0 Å². The highest BCUT2D eigenvalue weighted by Crippen LogP contribution is 2.29. The molecule has 1 atom stereocenters. The summed E-state index contributed by atoms with van der Waals surface area (Å²) in [5, 5.41) is 6.70. The van der Waals surface area contributed by atoms with Gasteiger partial charge in [0.25, 0.3) is 0 Å². The summed E-state index contributed by atoms with van der Waals surface area (Å²) < 4.78 is 1.84. The molecule has 1 saturated heterocycles. The van der Waals surface area contributed by atoms with Gasteiger partial charge in [0, 0.05) is 62.0 Å². The first-order valence-corrected chi connectivity index (χ1v) is 9.26. The minimum atomic E-state index is -0.0697. The number of nitrogens with zero attached hydrogens (tertiary/aromatic N) is 5. The molecule has 1 aliphatic rings. The molecule has 134 valence electrons. The van der Waals surface area contributed by atoms with E-state index in [4.69, 9.17) is 4.98 Å². The monoisotopic (exact) mass is 347 g/mol. The number of aryl methyl sites for hydroxylation is 1. The Morgan fingerprint density at radius 3 is 2.42 bits per heavy atom. The van der Waals surface area contributed by atoms with Gasteiger partial charge in [-0.2, -0.15) is 5.10 Å². The van der Waals surface area contributed by atoms with Gasteiger partial charge in [0.15, 0.2) is 0 Å². The smallest absolute Gasteiger partial charge is 0.135 e. The van der Waals surface area contributed by atoms with Crippen LogP contribution < -0.4 is 0 Å². The molecule has 4 rings (SSSR count). The maximum absolute atomic E-state index is 4.81. The molecule has 0 saturated carbocycles. The molecule has 3 heterocycles. The van der Waals surface area contributed by atoms with Crippen molar-refractivity contribution in [3.8, 4) is 11.1 Å². The molecule has 2 aromatic heterocycles. The molecule has 0 N–H and O–H groups in total. The third kappa shape index (κ3) is 3.15. The van der Waals surface area contributed by atoms with Gasteiger partial charge in [0.1, 0.15) is 7.85 Å². The Balaban J connectivity index is 1.69. The lowest BCUT2D eigenvalue weighted by molar-refractivity contribution is 0.0948. The summed E-state index contributed by atoms with van der Waals surface area (Å²) in [7, 11) is 6.43. The highest BCUT2D eigenvalue weighted by Gasteiger charge is 2.31. The fourth-order valence-corrected chi connectivity index (χ4v) is 3.75. The molecule has 26 heavy (non-hydrogen) atoms. The van der Waals surface area contributed by atoms with Gasteiger partial charge >= 0.3 is 0 Å². The number of rotatable bonds is 3. The van der Waals surface area contributed by atoms with Crippen LogP contribution in [0.4, 0.5) is 0 Å². The number of likely N-dealkylation sites (N-methyl/N-ethyl adjacent to an activating group) is 1. The van der Waals surface area contributed by atoms with Crippen molar-refractivity contribution in [3.05, 3.63) is 48.5 Å². The first-order valence-electron chi connectivity index (χ1n) is 9.26. The first kappa shape index (κ1) is 17.2. The van der Waals surface area contributed by atoms with Crippen LogP contribution in [0.5, 0.6) is 0 Å². The Morgan fingerprint density at radius 2 is 1.73 bits per heavy atom. The predicted octanol–water partition coefficient (Wildman–Crippen LogP) is 1.69. The Morgan fingerprint density at radius 1 is 0.962 bits per heavy atom. The molecule has 0 spiro atoms. The maximum Gasteiger partial charge on any atom is 0.135 e. The standard InChI is InChI=1S/C20H26BN5/c1-20(21,26-8-6-24(2)7-9-26)19-11-17-10-15(4-5-16(17)12-22-19)18-13-23-25(3)14-18/h4-5,10-14H,6-9,21H2,1-3H3. The number of piperazine rings is 1. The third-order valence-corrected chi connectivity index (χ3v) is 5.68.